The van der Waals surface area contributed by atoms with E-state index in [0.717, 1.165) is 32.1 Å². The van der Waals surface area contributed by atoms with E-state index in [1.54, 1.807) is 0 Å². The van der Waals surface area contributed by atoms with Gasteiger partial charge in [0.15, 0.2) is 0 Å². The van der Waals surface area contributed by atoms with E-state index >= 15 is 0 Å². The minimum absolute atomic E-state index is 0.222. The van der Waals surface area contributed by atoms with Crippen molar-refractivity contribution in [3.8, 4) is 5.75 Å². The average molecular weight is 327 g/mol. The van der Waals surface area contributed by atoms with E-state index in [9.17, 15) is 9.59 Å². The molecule has 4 nitrogen and oxygen atoms in total. The number of ether oxygens (including phenoxy) is 1. The van der Waals surface area contributed by atoms with Gasteiger partial charge in [0.1, 0.15) is 11.5 Å². The molecule has 4 atom stereocenters. The van der Waals surface area contributed by atoms with Crippen molar-refractivity contribution in [2.24, 2.45) is 17.1 Å². The smallest absolute Gasteiger partial charge is 0.308 e. The second-order valence-electron chi connectivity index (χ2n) is 8.09. The molecular weight excluding hydrogens is 302 g/mol. The lowest BCUT2D eigenvalue weighted by Gasteiger charge is -2.55. The number of hydrogen-bond donors (Lipinski definition) is 1. The van der Waals surface area contributed by atoms with Gasteiger partial charge in [-0.15, -0.1) is 0 Å². The fourth-order valence-corrected chi connectivity index (χ4v) is 5.72. The Morgan fingerprint density at radius 2 is 2.04 bits per heavy atom. The van der Waals surface area contributed by atoms with Crippen LogP contribution in [0.4, 0.5) is 0 Å². The van der Waals surface area contributed by atoms with Gasteiger partial charge in [-0.3, -0.25) is 9.59 Å². The van der Waals surface area contributed by atoms with Crippen molar-refractivity contribution in [3.05, 3.63) is 29.3 Å². The molecule has 2 fully saturated rings. The van der Waals surface area contributed by atoms with Crippen molar-refractivity contribution >= 4 is 11.8 Å². The minimum Gasteiger partial charge on any atom is -0.427 e. The van der Waals surface area contributed by atoms with Crippen molar-refractivity contribution in [1.29, 1.82) is 0 Å². The highest BCUT2D eigenvalue weighted by Gasteiger charge is 2.60. The second kappa shape index (κ2) is 5.16. The fraction of sp³-hybridized carbons (Fsp3) is 0.600. The van der Waals surface area contributed by atoms with E-state index in [1.807, 2.05) is 12.1 Å². The maximum absolute atomic E-state index is 12.4. The quantitative estimate of drug-likeness (QED) is 0.635. The summed E-state index contributed by atoms with van der Waals surface area (Å²) in [6.07, 6.45) is 5.31. The number of nitrogens with two attached hydrogens (primary N) is 1. The van der Waals surface area contributed by atoms with Crippen molar-refractivity contribution < 1.29 is 14.3 Å². The topological polar surface area (TPSA) is 69.4 Å². The Balaban J connectivity index is 1.71. The van der Waals surface area contributed by atoms with Crippen LogP contribution in [0.5, 0.6) is 5.75 Å². The summed E-state index contributed by atoms with van der Waals surface area (Å²) < 4.78 is 5.23. The summed E-state index contributed by atoms with van der Waals surface area (Å²) in [7, 11) is 0. The molecule has 0 spiro atoms. The molecule has 0 saturated heterocycles. The number of carbonyl (C=O) groups is 2. The van der Waals surface area contributed by atoms with Crippen molar-refractivity contribution in [1.82, 2.24) is 0 Å². The van der Waals surface area contributed by atoms with Gasteiger partial charge in [0.2, 0.25) is 0 Å². The Bertz CT molecular complexity index is 728. The van der Waals surface area contributed by atoms with Crippen LogP contribution in [0.1, 0.15) is 63.0 Å². The van der Waals surface area contributed by atoms with Gasteiger partial charge in [0.05, 0.1) is 0 Å². The first-order valence-electron chi connectivity index (χ1n) is 8.98. The van der Waals surface area contributed by atoms with Crippen LogP contribution in [0, 0.1) is 11.3 Å². The summed E-state index contributed by atoms with van der Waals surface area (Å²) in [5.41, 5.74) is 9.02. The van der Waals surface area contributed by atoms with Crippen LogP contribution in [0.3, 0.4) is 0 Å². The van der Waals surface area contributed by atoms with Gasteiger partial charge in [-0.2, -0.15) is 0 Å². The maximum Gasteiger partial charge on any atom is 0.308 e. The first-order chi connectivity index (χ1) is 11.3. The Hall–Kier alpha value is -1.68. The normalized spacial score (nSPS) is 37.4. The molecule has 1 aromatic carbocycles. The van der Waals surface area contributed by atoms with Crippen LogP contribution in [0.25, 0.3) is 0 Å². The molecule has 0 bridgehead atoms. The van der Waals surface area contributed by atoms with Crippen LogP contribution in [0.2, 0.25) is 0 Å². The lowest BCUT2D eigenvalue weighted by molar-refractivity contribution is -0.132. The minimum atomic E-state index is -0.295. The van der Waals surface area contributed by atoms with Crippen LogP contribution in [-0.2, 0) is 16.0 Å². The van der Waals surface area contributed by atoms with Crippen molar-refractivity contribution in [3.63, 3.8) is 0 Å². The van der Waals surface area contributed by atoms with E-state index in [0.29, 0.717) is 23.9 Å². The molecule has 1 aromatic rings. The summed E-state index contributed by atoms with van der Waals surface area (Å²) in [6, 6.07) is 5.95. The molecule has 4 heteroatoms. The highest BCUT2D eigenvalue weighted by molar-refractivity contribution is 5.87. The van der Waals surface area contributed by atoms with Gasteiger partial charge in [0.25, 0.3) is 0 Å². The lowest BCUT2D eigenvalue weighted by Crippen LogP contribution is -2.61. The number of fused-ring (bicyclic) bond motifs is 5. The molecule has 0 amide bonds. The van der Waals surface area contributed by atoms with E-state index in [-0.39, 0.29) is 22.8 Å². The number of hydrogen-bond acceptors (Lipinski definition) is 4. The number of esters is 1. The Morgan fingerprint density at radius 3 is 2.79 bits per heavy atom. The first-order valence-corrected chi connectivity index (χ1v) is 8.98. The van der Waals surface area contributed by atoms with Gasteiger partial charge < -0.3 is 10.5 Å². The van der Waals surface area contributed by atoms with E-state index < -0.39 is 0 Å². The third-order valence-electron chi connectivity index (χ3n) is 6.89. The van der Waals surface area contributed by atoms with Crippen molar-refractivity contribution in [2.45, 2.75) is 63.8 Å². The summed E-state index contributed by atoms with van der Waals surface area (Å²) in [4.78, 5) is 23.6. The molecule has 24 heavy (non-hydrogen) atoms. The number of ketones is 1. The molecule has 3 aliphatic rings. The summed E-state index contributed by atoms with van der Waals surface area (Å²) in [5, 5.41) is 0. The third-order valence-corrected chi connectivity index (χ3v) is 6.89. The standard InChI is InChI=1S/C20H25NO3/c1-12(22)24-14-3-4-15-13(11-14)7-10-20(21)16(15)8-9-19(2)17(20)5-6-18(19)23/h3-4,11,16-17H,5-10,21H2,1-2H3/t16?,17?,19-,20-/m0/s1. The second-order valence-corrected chi connectivity index (χ2v) is 8.09. The van der Waals surface area contributed by atoms with Crippen LogP contribution < -0.4 is 10.5 Å². The molecular formula is C20H25NO3. The number of carbonyl (C=O) groups excluding carboxylic acids is 2. The zero-order chi connectivity index (χ0) is 17.1. The monoisotopic (exact) mass is 327 g/mol. The molecule has 0 heterocycles. The van der Waals surface area contributed by atoms with Gasteiger partial charge in [-0.1, -0.05) is 13.0 Å². The lowest BCUT2D eigenvalue weighted by atomic mass is 9.52. The van der Waals surface area contributed by atoms with Gasteiger partial charge >= 0.3 is 5.97 Å². The predicted octanol–water partition coefficient (Wildman–Crippen LogP) is 3.12. The summed E-state index contributed by atoms with van der Waals surface area (Å²) in [5.74, 6) is 1.32. The zero-order valence-electron chi connectivity index (χ0n) is 14.4. The molecule has 0 radical (unpaired) electrons. The van der Waals surface area contributed by atoms with Gasteiger partial charge in [-0.25, -0.2) is 0 Å². The zero-order valence-corrected chi connectivity index (χ0v) is 14.4. The fourth-order valence-electron chi connectivity index (χ4n) is 5.72. The molecule has 2 unspecified atom stereocenters. The van der Waals surface area contributed by atoms with Crippen LogP contribution in [0.15, 0.2) is 18.2 Å². The van der Waals surface area contributed by atoms with E-state index in [2.05, 4.69) is 13.0 Å². The highest BCUT2D eigenvalue weighted by atomic mass is 16.5. The Morgan fingerprint density at radius 1 is 1.25 bits per heavy atom. The summed E-state index contributed by atoms with van der Waals surface area (Å²) >= 11 is 0. The largest absolute Gasteiger partial charge is 0.427 e. The van der Waals surface area contributed by atoms with E-state index in [4.69, 9.17) is 10.5 Å². The Kier molecular flexibility index (Phi) is 3.40. The molecule has 128 valence electrons. The van der Waals surface area contributed by atoms with Gasteiger partial charge in [-0.05, 0) is 61.3 Å². The number of benzene rings is 1. The molecule has 0 aromatic heterocycles. The van der Waals surface area contributed by atoms with E-state index in [1.165, 1.54) is 18.1 Å². The average Bonchev–Trinajstić information content (AvgIpc) is 2.83. The number of Topliss-reactive ketones (excluding diaryl/α,β-unsaturated/α-hetero) is 1. The highest BCUT2D eigenvalue weighted by Crippen LogP contribution is 2.60. The van der Waals surface area contributed by atoms with Gasteiger partial charge in [0, 0.05) is 30.2 Å². The van der Waals surface area contributed by atoms with Crippen LogP contribution >= 0.6 is 0 Å². The van der Waals surface area contributed by atoms with Crippen molar-refractivity contribution in [2.75, 3.05) is 0 Å². The third kappa shape index (κ3) is 2.08. The number of rotatable bonds is 1. The molecule has 4 rings (SSSR count). The van der Waals surface area contributed by atoms with Crippen LogP contribution in [-0.4, -0.2) is 17.3 Å². The number of aryl methyl sites for hydroxylation is 1. The maximum atomic E-state index is 12.4. The Labute approximate surface area is 142 Å². The molecule has 2 saturated carbocycles. The molecule has 0 aliphatic heterocycles. The SMILES string of the molecule is CC(=O)Oc1ccc2c(c1)CC[C@]1(N)C2CC[C@]2(C)C(=O)CCC12. The summed E-state index contributed by atoms with van der Waals surface area (Å²) in [6.45, 7) is 3.56. The first kappa shape index (κ1) is 15.8. The molecule has 3 aliphatic carbocycles. The predicted molar refractivity (Wildman–Crippen MR) is 90.8 cm³/mol. The molecule has 2 N–H and O–H groups in total.